The van der Waals surface area contributed by atoms with Gasteiger partial charge in [-0.2, -0.15) is 0 Å². The van der Waals surface area contributed by atoms with E-state index in [9.17, 15) is 0 Å². The minimum absolute atomic E-state index is 0. The van der Waals surface area contributed by atoms with Crippen molar-refractivity contribution >= 4 is 28.7 Å². The second kappa shape index (κ2) is 16.6. The summed E-state index contributed by atoms with van der Waals surface area (Å²) >= 11 is 0. The number of diazo groups is 1. The van der Waals surface area contributed by atoms with Gasteiger partial charge in [0.25, 0.3) is 0 Å². The minimum atomic E-state index is 0. The summed E-state index contributed by atoms with van der Waals surface area (Å²) in [6.07, 6.45) is 0. The molecule has 1 aromatic rings. The Morgan fingerprint density at radius 1 is 1.00 bits per heavy atom. The molecule has 0 aliphatic heterocycles. The van der Waals surface area contributed by atoms with Gasteiger partial charge in [-0.25, -0.2) is 0 Å². The van der Waals surface area contributed by atoms with Gasteiger partial charge in [-0.15, -0.1) is 0 Å². The topological polar surface area (TPSA) is 40.2 Å². The van der Waals surface area contributed by atoms with Crippen LogP contribution in [0.25, 0.3) is 4.98 Å². The molecular weight excluding hydrogens is 295 g/mol. The number of nitrogens with zero attached hydrogens (tertiary/aromatic N) is 2. The zero-order chi connectivity index (χ0) is 7.40. The first-order valence-electron chi connectivity index (χ1n) is 2.99. The summed E-state index contributed by atoms with van der Waals surface area (Å²) in [5, 5.41) is 11.3. The van der Waals surface area contributed by atoms with Crippen LogP contribution in [0.1, 0.15) is 0 Å². The molecule has 1 N–H and O–H groups in total. The molecule has 0 radical (unpaired) electrons. The molecule has 0 aliphatic carbocycles. The molecule has 0 aromatic heterocycles. The Balaban J connectivity index is -0.0000000667. The molecule has 0 bridgehead atoms. The van der Waals surface area contributed by atoms with Crippen LogP contribution in [0.3, 0.4) is 0 Å². The summed E-state index contributed by atoms with van der Waals surface area (Å²) in [6, 6.07) is 7.14. The molecule has 8 heteroatoms. The third-order valence-electron chi connectivity index (χ3n) is 1.27. The van der Waals surface area contributed by atoms with Gasteiger partial charge >= 0.3 is 23.0 Å². The number of anilines is 1. The van der Waals surface area contributed by atoms with Crippen molar-refractivity contribution in [1.82, 2.24) is 0 Å². The van der Waals surface area contributed by atoms with E-state index >= 15 is 0 Å². The van der Waals surface area contributed by atoms with E-state index in [4.69, 9.17) is 5.39 Å². The zero-order valence-corrected chi connectivity index (χ0v) is 12.0. The van der Waals surface area contributed by atoms with Crippen LogP contribution in [0.5, 0.6) is 0 Å². The van der Waals surface area contributed by atoms with Crippen molar-refractivity contribution in [2.24, 2.45) is 0 Å². The van der Waals surface area contributed by atoms with E-state index < -0.39 is 0 Å². The summed E-state index contributed by atoms with van der Waals surface area (Å²) in [5.74, 6) is 0. The van der Waals surface area contributed by atoms with Gasteiger partial charge in [0, 0.05) is 24.9 Å². The van der Waals surface area contributed by atoms with Crippen molar-refractivity contribution in [3.8, 4) is 0 Å². The third kappa shape index (κ3) is 10.4. The van der Waals surface area contributed by atoms with Crippen LogP contribution in [0.15, 0.2) is 24.3 Å². The number of halogens is 4. The standard InChI is InChI=1S/C7H8N3.Al.4ClH/c1-9-6-2-4-7(10-8)5-3-6;;;;;/h2-5,9H,1H3;;4*1H/q+1;+3;;;;/p-4. The van der Waals surface area contributed by atoms with Crippen molar-refractivity contribution in [1.29, 1.82) is 5.39 Å². The summed E-state index contributed by atoms with van der Waals surface area (Å²) in [5.41, 5.74) is 1.58. The molecule has 0 fully saturated rings. The van der Waals surface area contributed by atoms with Crippen molar-refractivity contribution in [2.75, 3.05) is 12.4 Å². The van der Waals surface area contributed by atoms with Crippen LogP contribution in [-0.4, -0.2) is 24.4 Å². The second-order valence-electron chi connectivity index (χ2n) is 1.90. The molecule has 0 heterocycles. The molecule has 1 rings (SSSR count). The van der Waals surface area contributed by atoms with E-state index in [0.717, 1.165) is 5.69 Å². The zero-order valence-electron chi connectivity index (χ0n) is 7.79. The normalized spacial score (nSPS) is 5.60. The first-order chi connectivity index (χ1) is 4.86. The fourth-order valence-electron chi connectivity index (χ4n) is 0.695. The van der Waals surface area contributed by atoms with E-state index in [1.807, 2.05) is 19.2 Å². The Labute approximate surface area is 125 Å². The monoisotopic (exact) mass is 301 g/mol. The van der Waals surface area contributed by atoms with E-state index in [0.29, 0.717) is 5.69 Å². The van der Waals surface area contributed by atoms with Gasteiger partial charge in [0.2, 0.25) is 5.39 Å². The number of hydrogen-bond acceptors (Lipinski definition) is 2. The van der Waals surface area contributed by atoms with Crippen LogP contribution < -0.4 is 54.9 Å². The first-order valence-corrected chi connectivity index (χ1v) is 2.99. The maximum atomic E-state index is 8.31. The fourth-order valence-corrected chi connectivity index (χ4v) is 0.695. The van der Waals surface area contributed by atoms with Gasteiger partial charge < -0.3 is 54.9 Å². The van der Waals surface area contributed by atoms with Crippen molar-refractivity contribution in [3.63, 3.8) is 0 Å². The smallest absolute Gasteiger partial charge is 1.00 e. The van der Waals surface area contributed by atoms with Gasteiger partial charge in [-0.3, -0.25) is 0 Å². The minimum Gasteiger partial charge on any atom is -1.00 e. The van der Waals surface area contributed by atoms with Crippen LogP contribution in [0, 0.1) is 5.39 Å². The predicted molar refractivity (Wildman–Crippen MR) is 46.5 cm³/mol. The Hall–Kier alpha value is 0.132. The van der Waals surface area contributed by atoms with Gasteiger partial charge in [0.05, 0.1) is 0 Å². The number of hydrogen-bond donors (Lipinski definition) is 1. The molecule has 0 spiro atoms. The maximum absolute atomic E-state index is 8.31. The summed E-state index contributed by atoms with van der Waals surface area (Å²) in [6.45, 7) is 0. The van der Waals surface area contributed by atoms with Crippen molar-refractivity contribution in [3.05, 3.63) is 29.2 Å². The molecule has 3 nitrogen and oxygen atoms in total. The molecular formula is C7H8AlCl4N3. The van der Waals surface area contributed by atoms with E-state index in [-0.39, 0.29) is 67.0 Å². The largest absolute Gasteiger partial charge is 3.00 e. The van der Waals surface area contributed by atoms with E-state index in [2.05, 4.69) is 10.3 Å². The molecule has 82 valence electrons. The Kier molecular flexibility index (Phi) is 32.5. The molecule has 0 atom stereocenters. The quantitative estimate of drug-likeness (QED) is 0.413. The molecule has 0 aliphatic rings. The van der Waals surface area contributed by atoms with E-state index in [1.54, 1.807) is 12.1 Å². The van der Waals surface area contributed by atoms with Crippen molar-refractivity contribution < 1.29 is 49.6 Å². The summed E-state index contributed by atoms with van der Waals surface area (Å²) < 4.78 is 0. The van der Waals surface area contributed by atoms with Gasteiger partial charge in [0.1, 0.15) is 0 Å². The van der Waals surface area contributed by atoms with Crippen LogP contribution >= 0.6 is 0 Å². The second-order valence-corrected chi connectivity index (χ2v) is 1.90. The molecule has 15 heavy (non-hydrogen) atoms. The average molecular weight is 303 g/mol. The van der Waals surface area contributed by atoms with Crippen LogP contribution in [0.4, 0.5) is 11.4 Å². The average Bonchev–Trinajstić information content (AvgIpc) is 2.05. The summed E-state index contributed by atoms with van der Waals surface area (Å²) in [4.78, 5) is 3.02. The maximum Gasteiger partial charge on any atom is 3.00 e. The molecule has 0 saturated carbocycles. The molecule has 0 unspecified atom stereocenters. The van der Waals surface area contributed by atoms with Gasteiger partial charge in [-0.1, -0.05) is 0 Å². The Morgan fingerprint density at radius 2 is 1.40 bits per heavy atom. The van der Waals surface area contributed by atoms with E-state index in [1.165, 1.54) is 0 Å². The van der Waals surface area contributed by atoms with Gasteiger partial charge in [0.15, 0.2) is 4.98 Å². The SMILES string of the molecule is CNc1ccc([N+]#N)cc1.[Al+3].[Cl-].[Cl-].[Cl-].[Cl-]. The first kappa shape index (κ1) is 29.4. The van der Waals surface area contributed by atoms with Crippen LogP contribution in [0.2, 0.25) is 0 Å². The summed E-state index contributed by atoms with van der Waals surface area (Å²) in [7, 11) is 1.84. The number of rotatable bonds is 1. The predicted octanol–water partition coefficient (Wildman–Crippen LogP) is -10.2. The third-order valence-corrected chi connectivity index (χ3v) is 1.27. The van der Waals surface area contributed by atoms with Gasteiger partial charge in [-0.05, 0) is 12.1 Å². The Bertz CT molecular complexity index is 262. The van der Waals surface area contributed by atoms with Crippen LogP contribution in [-0.2, 0) is 0 Å². The fraction of sp³-hybridized carbons (Fsp3) is 0.143. The number of benzene rings is 1. The van der Waals surface area contributed by atoms with Crippen molar-refractivity contribution in [2.45, 2.75) is 0 Å². The molecule has 0 amide bonds. The molecule has 1 aromatic carbocycles. The number of nitrogens with one attached hydrogen (secondary N) is 1. The molecule has 0 saturated heterocycles. The Morgan fingerprint density at radius 3 is 1.67 bits per heavy atom.